The first-order valence-electron chi connectivity index (χ1n) is 4.36. The molecule has 0 amide bonds. The maximum absolute atomic E-state index is 4.31. The summed E-state index contributed by atoms with van der Waals surface area (Å²) in [7, 11) is 0. The maximum atomic E-state index is 4.31. The molecular weight excluding hydrogens is 180 g/mol. The first-order chi connectivity index (χ1) is 6.27. The minimum atomic E-state index is 0.918. The van der Waals surface area contributed by atoms with Gasteiger partial charge in [-0.2, -0.15) is 0 Å². The Morgan fingerprint density at radius 3 is 2.85 bits per heavy atom. The number of hydrogen-bond acceptors (Lipinski definition) is 3. The number of thiophene rings is 1. The van der Waals surface area contributed by atoms with Crippen molar-refractivity contribution in [1.82, 2.24) is 5.32 Å². The highest BCUT2D eigenvalue weighted by Gasteiger charge is 2.12. The number of nitrogens with one attached hydrogen (secondary N) is 1. The van der Waals surface area contributed by atoms with Gasteiger partial charge in [-0.1, -0.05) is 20.4 Å². The highest BCUT2D eigenvalue weighted by molar-refractivity contribution is 7.11. The van der Waals surface area contributed by atoms with E-state index < -0.39 is 0 Å². The average molecular weight is 194 g/mol. The van der Waals surface area contributed by atoms with Crippen LogP contribution in [-0.4, -0.2) is 5.84 Å². The van der Waals surface area contributed by atoms with Gasteiger partial charge < -0.3 is 5.32 Å². The topological polar surface area (TPSA) is 24.4 Å². The number of amidine groups is 1. The van der Waals surface area contributed by atoms with Crippen LogP contribution in [0.1, 0.15) is 25.6 Å². The largest absolute Gasteiger partial charge is 0.343 e. The summed E-state index contributed by atoms with van der Waals surface area (Å²) in [4.78, 5) is 5.46. The van der Waals surface area contributed by atoms with Gasteiger partial charge in [0.15, 0.2) is 0 Å². The molecule has 3 heteroatoms. The molecule has 0 saturated heterocycles. The number of rotatable bonds is 0. The molecular formula is C10H14N2S. The van der Waals surface area contributed by atoms with Crippen LogP contribution in [0, 0.1) is 0 Å². The van der Waals surface area contributed by atoms with E-state index in [1.54, 1.807) is 11.3 Å². The monoisotopic (exact) mass is 194 g/mol. The van der Waals surface area contributed by atoms with Gasteiger partial charge >= 0.3 is 0 Å². The molecule has 0 unspecified atom stereocenters. The molecule has 1 aliphatic heterocycles. The van der Waals surface area contributed by atoms with E-state index in [0.717, 1.165) is 22.1 Å². The van der Waals surface area contributed by atoms with E-state index >= 15 is 0 Å². The highest BCUT2D eigenvalue weighted by Crippen LogP contribution is 2.32. The summed E-state index contributed by atoms with van der Waals surface area (Å²) in [5.41, 5.74) is 2.00. The van der Waals surface area contributed by atoms with Gasteiger partial charge in [0, 0.05) is 0 Å². The average Bonchev–Trinajstić information content (AvgIpc) is 2.55. The van der Waals surface area contributed by atoms with Crippen LogP contribution in [0.25, 0.3) is 5.70 Å². The van der Waals surface area contributed by atoms with E-state index in [-0.39, 0.29) is 0 Å². The number of aliphatic imine (C=N–C) groups is 1. The third-order valence-electron chi connectivity index (χ3n) is 1.54. The summed E-state index contributed by atoms with van der Waals surface area (Å²) in [6.45, 7) is 9.83. The fourth-order valence-electron chi connectivity index (χ4n) is 1.10. The van der Waals surface area contributed by atoms with Gasteiger partial charge in [0.1, 0.15) is 5.84 Å². The van der Waals surface area contributed by atoms with Crippen molar-refractivity contribution in [3.05, 3.63) is 22.9 Å². The predicted molar refractivity (Wildman–Crippen MR) is 60.6 cm³/mol. The predicted octanol–water partition coefficient (Wildman–Crippen LogP) is 3.40. The van der Waals surface area contributed by atoms with Crippen molar-refractivity contribution >= 4 is 28.6 Å². The van der Waals surface area contributed by atoms with Crippen molar-refractivity contribution < 1.29 is 0 Å². The molecule has 0 atom stereocenters. The van der Waals surface area contributed by atoms with Gasteiger partial charge in [0.05, 0.1) is 16.3 Å². The van der Waals surface area contributed by atoms with Crippen molar-refractivity contribution in [3.63, 3.8) is 0 Å². The van der Waals surface area contributed by atoms with Gasteiger partial charge in [-0.25, -0.2) is 4.99 Å². The lowest BCUT2D eigenvalue weighted by atomic mass is 10.3. The molecule has 2 nitrogen and oxygen atoms in total. The van der Waals surface area contributed by atoms with Crippen molar-refractivity contribution in [1.29, 1.82) is 0 Å². The lowest BCUT2D eigenvalue weighted by molar-refractivity contribution is 1.23. The number of fused-ring (bicyclic) bond motifs is 1. The van der Waals surface area contributed by atoms with Crippen LogP contribution >= 0.6 is 11.3 Å². The summed E-state index contributed by atoms with van der Waals surface area (Å²) in [5.74, 6) is 0.918. The summed E-state index contributed by atoms with van der Waals surface area (Å²) >= 11 is 1.67. The molecule has 0 radical (unpaired) electrons. The molecule has 70 valence electrons. The first-order valence-corrected chi connectivity index (χ1v) is 5.24. The number of hydrogen-bond donors (Lipinski definition) is 1. The molecule has 0 fully saturated rings. The molecule has 1 aliphatic rings. The van der Waals surface area contributed by atoms with Crippen molar-refractivity contribution in [2.75, 3.05) is 0 Å². The molecule has 0 aromatic carbocycles. The molecule has 13 heavy (non-hydrogen) atoms. The summed E-state index contributed by atoms with van der Waals surface area (Å²) in [6, 6.07) is 2.01. The SMILES string of the molecule is C=C1NC(C)=Nc2ccsc21.CC. The van der Waals surface area contributed by atoms with Crippen molar-refractivity contribution in [3.8, 4) is 0 Å². The van der Waals surface area contributed by atoms with Gasteiger partial charge in [-0.3, -0.25) is 0 Å². The Labute approximate surface area is 83.0 Å². The highest BCUT2D eigenvalue weighted by atomic mass is 32.1. The van der Waals surface area contributed by atoms with Crippen molar-refractivity contribution in [2.24, 2.45) is 4.99 Å². The van der Waals surface area contributed by atoms with Gasteiger partial charge in [0.25, 0.3) is 0 Å². The summed E-state index contributed by atoms with van der Waals surface area (Å²) < 4.78 is 0. The summed E-state index contributed by atoms with van der Waals surface area (Å²) in [5, 5.41) is 5.11. The van der Waals surface area contributed by atoms with E-state index in [0.29, 0.717) is 0 Å². The lowest BCUT2D eigenvalue weighted by Gasteiger charge is -2.13. The Kier molecular flexibility index (Phi) is 3.25. The van der Waals surface area contributed by atoms with Crippen LogP contribution < -0.4 is 5.32 Å². The third kappa shape index (κ3) is 1.98. The van der Waals surface area contributed by atoms with Crippen LogP contribution in [-0.2, 0) is 0 Å². The van der Waals surface area contributed by atoms with Gasteiger partial charge in [-0.05, 0) is 18.4 Å². The molecule has 1 N–H and O–H groups in total. The molecule has 2 heterocycles. The zero-order valence-electron chi connectivity index (χ0n) is 8.22. The van der Waals surface area contributed by atoms with Crippen LogP contribution in [0.2, 0.25) is 0 Å². The van der Waals surface area contributed by atoms with Crippen molar-refractivity contribution in [2.45, 2.75) is 20.8 Å². The molecule has 0 spiro atoms. The van der Waals surface area contributed by atoms with Crippen LogP contribution in [0.4, 0.5) is 5.69 Å². The minimum Gasteiger partial charge on any atom is -0.343 e. The Bertz CT molecular complexity index is 336. The zero-order chi connectivity index (χ0) is 9.84. The van der Waals surface area contributed by atoms with Crippen LogP contribution in [0.15, 0.2) is 23.0 Å². The number of nitrogens with zero attached hydrogens (tertiary/aromatic N) is 1. The van der Waals surface area contributed by atoms with Gasteiger partial charge in [0.2, 0.25) is 0 Å². The molecule has 1 aromatic rings. The van der Waals surface area contributed by atoms with Crippen LogP contribution in [0.3, 0.4) is 0 Å². The molecule has 0 bridgehead atoms. The second kappa shape index (κ2) is 4.23. The standard InChI is InChI=1S/C8H8N2S.C2H6/c1-5-8-7(3-4-11-8)10-6(2)9-5;1-2/h3-4H,1H2,2H3,(H,9,10);1-2H3. The second-order valence-electron chi connectivity index (χ2n) is 2.44. The lowest BCUT2D eigenvalue weighted by Crippen LogP contribution is -2.19. The quantitative estimate of drug-likeness (QED) is 0.672. The molecule has 1 aromatic heterocycles. The smallest absolute Gasteiger partial charge is 0.104 e. The Morgan fingerprint density at radius 2 is 2.15 bits per heavy atom. The molecule has 2 rings (SSSR count). The minimum absolute atomic E-state index is 0.918. The van der Waals surface area contributed by atoms with E-state index in [9.17, 15) is 0 Å². The third-order valence-corrected chi connectivity index (χ3v) is 2.50. The maximum Gasteiger partial charge on any atom is 0.104 e. The first kappa shape index (κ1) is 9.99. The second-order valence-corrected chi connectivity index (χ2v) is 3.35. The molecule has 0 aliphatic carbocycles. The zero-order valence-corrected chi connectivity index (χ0v) is 9.03. The van der Waals surface area contributed by atoms with E-state index in [1.165, 1.54) is 0 Å². The fourth-order valence-corrected chi connectivity index (χ4v) is 1.86. The summed E-state index contributed by atoms with van der Waals surface area (Å²) in [6.07, 6.45) is 0. The Hall–Kier alpha value is -1.09. The Balaban J connectivity index is 0.000000396. The Morgan fingerprint density at radius 1 is 1.46 bits per heavy atom. The van der Waals surface area contributed by atoms with E-state index in [1.807, 2.05) is 32.2 Å². The van der Waals surface area contributed by atoms with E-state index in [2.05, 4.69) is 16.9 Å². The van der Waals surface area contributed by atoms with Crippen LogP contribution in [0.5, 0.6) is 0 Å². The fraction of sp³-hybridized carbons (Fsp3) is 0.300. The normalized spacial score (nSPS) is 13.5. The van der Waals surface area contributed by atoms with E-state index in [4.69, 9.17) is 0 Å². The van der Waals surface area contributed by atoms with Gasteiger partial charge in [-0.15, -0.1) is 11.3 Å². The molecule has 0 saturated carbocycles.